The highest BCUT2D eigenvalue weighted by atomic mass is 35.5. The number of aliphatic hydroxyl groups excluding tert-OH is 1. The number of nitrogens with one attached hydrogen (secondary N) is 1. The van der Waals surface area contributed by atoms with Crippen molar-refractivity contribution >= 4 is 23.2 Å². The molecule has 1 fully saturated rings. The lowest BCUT2D eigenvalue weighted by atomic mass is 10.2. The molecular formula is C14H19ClN2O2. The molecule has 1 aliphatic heterocycles. The maximum Gasteiger partial charge on any atom is 0.225 e. The number of carbonyl (C=O) groups is 1. The van der Waals surface area contributed by atoms with E-state index in [-0.39, 0.29) is 18.6 Å². The molecule has 0 radical (unpaired) electrons. The minimum atomic E-state index is -0.0224. The zero-order valence-electron chi connectivity index (χ0n) is 10.8. The SMILES string of the molecule is O=C(CCN1CCC[C@H]1CO)Nc1cccc(Cl)c1. The molecule has 104 valence electrons. The molecule has 0 saturated carbocycles. The fourth-order valence-corrected chi connectivity index (χ4v) is 2.62. The first kappa shape index (κ1) is 14.3. The van der Waals surface area contributed by atoms with Gasteiger partial charge in [0.1, 0.15) is 0 Å². The lowest BCUT2D eigenvalue weighted by Gasteiger charge is -2.22. The van der Waals surface area contributed by atoms with Gasteiger partial charge in [0, 0.05) is 29.7 Å². The number of hydrogen-bond acceptors (Lipinski definition) is 3. The summed E-state index contributed by atoms with van der Waals surface area (Å²) in [6.07, 6.45) is 2.55. The molecule has 2 N–H and O–H groups in total. The molecule has 0 spiro atoms. The predicted molar refractivity (Wildman–Crippen MR) is 76.4 cm³/mol. The smallest absolute Gasteiger partial charge is 0.225 e. The van der Waals surface area contributed by atoms with Crippen molar-refractivity contribution in [1.29, 1.82) is 0 Å². The van der Waals surface area contributed by atoms with Crippen molar-refractivity contribution in [3.05, 3.63) is 29.3 Å². The Kier molecular flexibility index (Phi) is 5.19. The van der Waals surface area contributed by atoms with Crippen LogP contribution in [0.5, 0.6) is 0 Å². The second kappa shape index (κ2) is 6.89. The first-order valence-corrected chi connectivity index (χ1v) is 6.97. The zero-order valence-corrected chi connectivity index (χ0v) is 11.6. The van der Waals surface area contributed by atoms with Crippen molar-refractivity contribution in [2.45, 2.75) is 25.3 Å². The minimum absolute atomic E-state index is 0.0224. The molecule has 4 nitrogen and oxygen atoms in total. The van der Waals surface area contributed by atoms with Crippen LogP contribution in [0.4, 0.5) is 5.69 Å². The Labute approximate surface area is 118 Å². The van der Waals surface area contributed by atoms with Gasteiger partial charge < -0.3 is 10.4 Å². The maximum absolute atomic E-state index is 11.8. The number of anilines is 1. The van der Waals surface area contributed by atoms with E-state index in [1.807, 2.05) is 6.07 Å². The molecular weight excluding hydrogens is 264 g/mol. The molecule has 0 aromatic heterocycles. The van der Waals surface area contributed by atoms with Gasteiger partial charge >= 0.3 is 0 Å². The summed E-state index contributed by atoms with van der Waals surface area (Å²) in [5.74, 6) is -0.0224. The van der Waals surface area contributed by atoms with Crippen LogP contribution in [0.1, 0.15) is 19.3 Å². The van der Waals surface area contributed by atoms with Gasteiger partial charge in [0.15, 0.2) is 0 Å². The van der Waals surface area contributed by atoms with E-state index in [0.29, 0.717) is 18.0 Å². The Morgan fingerprint density at radius 3 is 3.11 bits per heavy atom. The van der Waals surface area contributed by atoms with Gasteiger partial charge in [-0.05, 0) is 37.6 Å². The van der Waals surface area contributed by atoms with Gasteiger partial charge in [0.05, 0.1) is 6.61 Å². The molecule has 1 aromatic rings. The Hall–Kier alpha value is -1.10. The molecule has 1 saturated heterocycles. The summed E-state index contributed by atoms with van der Waals surface area (Å²) in [7, 11) is 0. The Morgan fingerprint density at radius 2 is 2.37 bits per heavy atom. The fraction of sp³-hybridized carbons (Fsp3) is 0.500. The highest BCUT2D eigenvalue weighted by molar-refractivity contribution is 6.30. The van der Waals surface area contributed by atoms with E-state index in [9.17, 15) is 9.90 Å². The number of hydrogen-bond donors (Lipinski definition) is 2. The van der Waals surface area contributed by atoms with E-state index in [4.69, 9.17) is 11.6 Å². The second-order valence-electron chi connectivity index (χ2n) is 4.82. The van der Waals surface area contributed by atoms with Crippen molar-refractivity contribution in [3.8, 4) is 0 Å². The van der Waals surface area contributed by atoms with E-state index >= 15 is 0 Å². The lowest BCUT2D eigenvalue weighted by molar-refractivity contribution is -0.116. The van der Waals surface area contributed by atoms with E-state index in [1.54, 1.807) is 18.2 Å². The molecule has 0 aliphatic carbocycles. The summed E-state index contributed by atoms with van der Waals surface area (Å²) in [6.45, 7) is 1.84. The van der Waals surface area contributed by atoms with Crippen LogP contribution in [-0.2, 0) is 4.79 Å². The number of halogens is 1. The molecule has 1 aromatic carbocycles. The molecule has 1 atom stereocenters. The summed E-state index contributed by atoms with van der Waals surface area (Å²) in [5, 5.41) is 12.6. The topological polar surface area (TPSA) is 52.6 Å². The number of aliphatic hydroxyl groups is 1. The monoisotopic (exact) mass is 282 g/mol. The average Bonchev–Trinajstić information content (AvgIpc) is 2.83. The zero-order chi connectivity index (χ0) is 13.7. The third kappa shape index (κ3) is 4.20. The Balaban J connectivity index is 1.78. The minimum Gasteiger partial charge on any atom is -0.395 e. The first-order chi connectivity index (χ1) is 9.19. The van der Waals surface area contributed by atoms with E-state index < -0.39 is 0 Å². The average molecular weight is 283 g/mol. The van der Waals surface area contributed by atoms with Crippen molar-refractivity contribution in [3.63, 3.8) is 0 Å². The quantitative estimate of drug-likeness (QED) is 0.870. The third-order valence-corrected chi connectivity index (χ3v) is 3.68. The molecule has 5 heteroatoms. The van der Waals surface area contributed by atoms with Gasteiger partial charge in [-0.25, -0.2) is 0 Å². The third-order valence-electron chi connectivity index (χ3n) is 3.44. The number of benzene rings is 1. The standard InChI is InChI=1S/C14H19ClN2O2/c15-11-3-1-4-12(9-11)16-14(19)6-8-17-7-2-5-13(17)10-18/h1,3-4,9,13,18H,2,5-8,10H2,(H,16,19)/t13-/m0/s1. The summed E-state index contributed by atoms with van der Waals surface area (Å²) < 4.78 is 0. The van der Waals surface area contributed by atoms with Gasteiger partial charge in [-0.15, -0.1) is 0 Å². The van der Waals surface area contributed by atoms with Crippen LogP contribution in [-0.4, -0.2) is 41.7 Å². The summed E-state index contributed by atoms with van der Waals surface area (Å²) in [4.78, 5) is 14.0. The second-order valence-corrected chi connectivity index (χ2v) is 5.26. The van der Waals surface area contributed by atoms with Crippen LogP contribution in [0.25, 0.3) is 0 Å². The van der Waals surface area contributed by atoms with Crippen molar-refractivity contribution in [2.75, 3.05) is 25.0 Å². The normalized spacial score (nSPS) is 19.6. The van der Waals surface area contributed by atoms with Crippen LogP contribution < -0.4 is 5.32 Å². The highest BCUT2D eigenvalue weighted by Gasteiger charge is 2.23. The number of nitrogens with zero attached hydrogens (tertiary/aromatic N) is 1. The number of rotatable bonds is 5. The van der Waals surface area contributed by atoms with Gasteiger partial charge in [-0.2, -0.15) is 0 Å². The van der Waals surface area contributed by atoms with Crippen LogP contribution >= 0.6 is 11.6 Å². The van der Waals surface area contributed by atoms with Crippen LogP contribution in [0.15, 0.2) is 24.3 Å². The van der Waals surface area contributed by atoms with Gasteiger partial charge in [0.25, 0.3) is 0 Å². The molecule has 19 heavy (non-hydrogen) atoms. The first-order valence-electron chi connectivity index (χ1n) is 6.59. The van der Waals surface area contributed by atoms with Gasteiger partial charge in [-0.3, -0.25) is 9.69 Å². The van der Waals surface area contributed by atoms with Crippen LogP contribution in [0.2, 0.25) is 5.02 Å². The molecule has 1 heterocycles. The fourth-order valence-electron chi connectivity index (χ4n) is 2.43. The summed E-state index contributed by atoms with van der Waals surface area (Å²) >= 11 is 5.86. The van der Waals surface area contributed by atoms with E-state index in [2.05, 4.69) is 10.2 Å². The van der Waals surface area contributed by atoms with Crippen molar-refractivity contribution < 1.29 is 9.90 Å². The highest BCUT2D eigenvalue weighted by Crippen LogP contribution is 2.18. The lowest BCUT2D eigenvalue weighted by Crippen LogP contribution is -2.34. The van der Waals surface area contributed by atoms with Gasteiger partial charge in [-0.1, -0.05) is 17.7 Å². The van der Waals surface area contributed by atoms with Crippen molar-refractivity contribution in [2.24, 2.45) is 0 Å². The van der Waals surface area contributed by atoms with Gasteiger partial charge in [0.2, 0.25) is 5.91 Å². The number of carbonyl (C=O) groups excluding carboxylic acids is 1. The summed E-state index contributed by atoms with van der Waals surface area (Å²) in [5.41, 5.74) is 0.720. The predicted octanol–water partition coefficient (Wildman–Crippen LogP) is 2.13. The van der Waals surface area contributed by atoms with Crippen LogP contribution in [0, 0.1) is 0 Å². The molecule has 0 bridgehead atoms. The molecule has 1 amide bonds. The molecule has 2 rings (SSSR count). The van der Waals surface area contributed by atoms with Crippen LogP contribution in [0.3, 0.4) is 0 Å². The van der Waals surface area contributed by atoms with Crippen molar-refractivity contribution in [1.82, 2.24) is 4.90 Å². The summed E-state index contributed by atoms with van der Waals surface area (Å²) in [6, 6.07) is 7.34. The van der Waals surface area contributed by atoms with E-state index in [1.165, 1.54) is 0 Å². The maximum atomic E-state index is 11.8. The molecule has 0 unspecified atom stereocenters. The Morgan fingerprint density at radius 1 is 1.53 bits per heavy atom. The molecule has 1 aliphatic rings. The number of amides is 1. The Bertz CT molecular complexity index is 439. The largest absolute Gasteiger partial charge is 0.395 e. The van der Waals surface area contributed by atoms with E-state index in [0.717, 1.165) is 25.1 Å². The number of likely N-dealkylation sites (tertiary alicyclic amines) is 1.